The lowest BCUT2D eigenvalue weighted by Gasteiger charge is -2.11. The second-order valence-electron chi connectivity index (χ2n) is 5.72. The van der Waals surface area contributed by atoms with Crippen LogP contribution in [0.4, 0.5) is 5.69 Å². The molecule has 134 valence electrons. The quantitative estimate of drug-likeness (QED) is 0.657. The van der Waals surface area contributed by atoms with Gasteiger partial charge in [-0.1, -0.05) is 36.4 Å². The van der Waals surface area contributed by atoms with Crippen LogP contribution < -0.4 is 8.68 Å². The Bertz CT molecular complexity index is 1070. The van der Waals surface area contributed by atoms with E-state index >= 15 is 0 Å². The number of hydrogen-bond donors (Lipinski definition) is 2. The monoisotopic (exact) mass is 389 g/mol. The van der Waals surface area contributed by atoms with Crippen molar-refractivity contribution < 1.29 is 22.3 Å². The third-order valence-electron chi connectivity index (χ3n) is 3.79. The van der Waals surface area contributed by atoms with E-state index in [1.807, 2.05) is 37.3 Å². The average molecular weight is 389 g/mol. The number of anilines is 1. The smallest absolute Gasteiger partial charge is 0.337 e. The van der Waals surface area contributed by atoms with Crippen LogP contribution in [-0.4, -0.2) is 19.5 Å². The van der Waals surface area contributed by atoms with Gasteiger partial charge in [-0.15, -0.1) is 3.96 Å². The van der Waals surface area contributed by atoms with Gasteiger partial charge in [0.25, 0.3) is 0 Å². The van der Waals surface area contributed by atoms with Crippen LogP contribution in [0.3, 0.4) is 0 Å². The van der Waals surface area contributed by atoms with Gasteiger partial charge >= 0.3 is 21.0 Å². The predicted octanol–water partition coefficient (Wildman–Crippen LogP) is 3.05. The summed E-state index contributed by atoms with van der Waals surface area (Å²) in [7, 11) is -2.27. The maximum Gasteiger partial charge on any atom is 0.337 e. The van der Waals surface area contributed by atoms with Gasteiger partial charge in [0.15, 0.2) is 7.05 Å². The second-order valence-corrected chi connectivity index (χ2v) is 8.72. The molecule has 0 radical (unpaired) electrons. The summed E-state index contributed by atoms with van der Waals surface area (Å²) in [5.41, 5.74) is 1.51. The topological polar surface area (TPSA) is 87.3 Å². The number of aromatic carboxylic acids is 1. The molecule has 0 unspecified atom stereocenters. The molecule has 26 heavy (non-hydrogen) atoms. The molecule has 2 aromatic carbocycles. The number of nitrogens with zero attached hydrogens (tertiary/aromatic N) is 1. The molecule has 0 saturated carbocycles. The van der Waals surface area contributed by atoms with Crippen molar-refractivity contribution in [1.82, 2.24) is 0 Å². The van der Waals surface area contributed by atoms with Gasteiger partial charge in [-0.25, -0.2) is 4.79 Å². The number of carboxylic acid groups (broad SMARTS) is 1. The maximum atomic E-state index is 12.7. The number of nitrogens with one attached hydrogen (secondary N) is 1. The molecule has 3 aromatic rings. The predicted molar refractivity (Wildman–Crippen MR) is 99.9 cm³/mol. The molecule has 0 amide bonds. The fraction of sp³-hybridized carbons (Fsp3) is 0.111. The molecule has 2 N–H and O–H groups in total. The number of carboxylic acids is 1. The first-order valence-corrected chi connectivity index (χ1v) is 9.96. The summed E-state index contributed by atoms with van der Waals surface area (Å²) in [5.74, 6) is -1.20. The van der Waals surface area contributed by atoms with Gasteiger partial charge in [-0.05, 0) is 30.2 Å². The van der Waals surface area contributed by atoms with Gasteiger partial charge in [0.05, 0.1) is 16.1 Å². The lowest BCUT2D eigenvalue weighted by molar-refractivity contribution is -0.641. The first-order chi connectivity index (χ1) is 12.3. The largest absolute Gasteiger partial charge is 0.478 e. The zero-order chi connectivity index (χ0) is 18.9. The Morgan fingerprint density at radius 3 is 2.35 bits per heavy atom. The number of rotatable bonds is 5. The van der Waals surface area contributed by atoms with Crippen molar-refractivity contribution in [1.29, 1.82) is 0 Å². The van der Waals surface area contributed by atoms with Crippen molar-refractivity contribution in [3.63, 3.8) is 0 Å². The van der Waals surface area contributed by atoms with Crippen LogP contribution in [0, 0.1) is 6.92 Å². The summed E-state index contributed by atoms with van der Waals surface area (Å²) >= 11 is 1.30. The summed E-state index contributed by atoms with van der Waals surface area (Å²) in [6.45, 7) is 1.81. The van der Waals surface area contributed by atoms with E-state index in [0.29, 0.717) is 0 Å². The lowest BCUT2D eigenvalue weighted by atomic mass is 10.0. The van der Waals surface area contributed by atoms with Crippen molar-refractivity contribution in [2.24, 2.45) is 7.05 Å². The molecule has 0 aliphatic rings. The first-order valence-electron chi connectivity index (χ1n) is 7.70. The third-order valence-corrected chi connectivity index (χ3v) is 6.22. The van der Waals surface area contributed by atoms with E-state index < -0.39 is 16.0 Å². The zero-order valence-corrected chi connectivity index (χ0v) is 15.8. The summed E-state index contributed by atoms with van der Waals surface area (Å²) in [6, 6.07) is 15.5. The molecule has 8 heteroatoms. The first kappa shape index (κ1) is 18.1. The Labute approximate surface area is 155 Å². The Morgan fingerprint density at radius 1 is 1.08 bits per heavy atom. The number of aromatic nitrogens is 1. The van der Waals surface area contributed by atoms with E-state index in [1.165, 1.54) is 27.6 Å². The molecule has 6 nitrogen and oxygen atoms in total. The summed E-state index contributed by atoms with van der Waals surface area (Å²) < 4.78 is 29.4. The number of carbonyl (C=O) groups is 1. The molecule has 0 bridgehead atoms. The van der Waals surface area contributed by atoms with Crippen LogP contribution in [0.25, 0.3) is 11.1 Å². The van der Waals surface area contributed by atoms with Gasteiger partial charge in [0, 0.05) is 6.07 Å². The molecular weight excluding hydrogens is 372 g/mol. The van der Waals surface area contributed by atoms with Gasteiger partial charge in [0.2, 0.25) is 0 Å². The highest BCUT2D eigenvalue weighted by Crippen LogP contribution is 2.27. The van der Waals surface area contributed by atoms with Gasteiger partial charge in [-0.3, -0.25) is 4.72 Å². The fourth-order valence-electron chi connectivity index (χ4n) is 2.62. The van der Waals surface area contributed by atoms with E-state index in [-0.39, 0.29) is 16.3 Å². The van der Waals surface area contributed by atoms with Crippen LogP contribution in [0.15, 0.2) is 59.6 Å². The Hall–Kier alpha value is -2.71. The third kappa shape index (κ3) is 3.61. The Kier molecular flexibility index (Phi) is 4.80. The minimum absolute atomic E-state index is 0.0303. The minimum atomic E-state index is -3.92. The van der Waals surface area contributed by atoms with E-state index in [4.69, 9.17) is 0 Å². The SMILES string of the molecule is Cc1cc(S(=O)(=O)Nc2cc(-c3ccccc3)ccc2C(=O)O)[n+](C)s1. The second kappa shape index (κ2) is 6.89. The molecule has 1 aromatic heterocycles. The highest BCUT2D eigenvalue weighted by atomic mass is 32.2. The molecule has 0 atom stereocenters. The minimum Gasteiger partial charge on any atom is -0.478 e. The number of aryl methyl sites for hydroxylation is 2. The molecule has 0 saturated heterocycles. The van der Waals surface area contributed by atoms with E-state index in [2.05, 4.69) is 4.72 Å². The molecule has 1 heterocycles. The Balaban J connectivity index is 2.08. The van der Waals surface area contributed by atoms with Crippen molar-refractivity contribution in [2.75, 3.05) is 4.72 Å². The highest BCUT2D eigenvalue weighted by molar-refractivity contribution is 7.92. The molecule has 0 aliphatic heterocycles. The molecular formula is C18H17N2O4S2+. The van der Waals surface area contributed by atoms with Crippen LogP contribution in [0.2, 0.25) is 0 Å². The summed E-state index contributed by atoms with van der Waals surface area (Å²) in [6.07, 6.45) is 0. The van der Waals surface area contributed by atoms with Crippen LogP contribution in [0.1, 0.15) is 15.2 Å². The number of hydrogen-bond acceptors (Lipinski definition) is 4. The molecule has 0 spiro atoms. The van der Waals surface area contributed by atoms with Crippen molar-refractivity contribution in [3.05, 3.63) is 65.0 Å². The van der Waals surface area contributed by atoms with Gasteiger partial charge < -0.3 is 5.11 Å². The van der Waals surface area contributed by atoms with Crippen LogP contribution in [0.5, 0.6) is 0 Å². The van der Waals surface area contributed by atoms with Crippen LogP contribution >= 0.6 is 11.5 Å². The normalized spacial score (nSPS) is 11.3. The van der Waals surface area contributed by atoms with Crippen molar-refractivity contribution in [2.45, 2.75) is 11.9 Å². The van der Waals surface area contributed by atoms with Gasteiger partial charge in [-0.2, -0.15) is 8.42 Å². The standard InChI is InChI=1S/C18H16N2O4S2/c1-12-10-17(20(2)25-12)26(23,24)19-16-11-14(8-9-15(16)18(21)22)13-6-4-3-5-7-13/h3-11,19H,1-2H3/p+1. The van der Waals surface area contributed by atoms with E-state index in [9.17, 15) is 18.3 Å². The number of benzene rings is 2. The van der Waals surface area contributed by atoms with Crippen molar-refractivity contribution in [3.8, 4) is 11.1 Å². The summed E-state index contributed by atoms with van der Waals surface area (Å²) in [4.78, 5) is 12.4. The zero-order valence-electron chi connectivity index (χ0n) is 14.1. The molecule has 3 rings (SSSR count). The average Bonchev–Trinajstić information content (AvgIpc) is 2.94. The van der Waals surface area contributed by atoms with Crippen LogP contribution in [-0.2, 0) is 17.1 Å². The maximum absolute atomic E-state index is 12.7. The van der Waals surface area contributed by atoms with Gasteiger partial charge in [0.1, 0.15) is 11.5 Å². The fourth-order valence-corrected chi connectivity index (χ4v) is 5.07. The molecule has 0 fully saturated rings. The molecule has 0 aliphatic carbocycles. The van der Waals surface area contributed by atoms with E-state index in [0.717, 1.165) is 16.0 Å². The number of sulfonamides is 1. The van der Waals surface area contributed by atoms with E-state index in [1.54, 1.807) is 19.2 Å². The lowest BCUT2D eigenvalue weighted by Crippen LogP contribution is -2.32. The van der Waals surface area contributed by atoms with Crippen molar-refractivity contribution >= 4 is 33.2 Å². The summed E-state index contributed by atoms with van der Waals surface area (Å²) in [5, 5.41) is 9.50. The Morgan fingerprint density at radius 2 is 1.77 bits per heavy atom. The highest BCUT2D eigenvalue weighted by Gasteiger charge is 2.29.